The minimum absolute atomic E-state index is 0.176. The SMILES string of the molecule is Cc1ccc(N2CC(C)NC(C)(C)C2)cc1Br. The van der Waals surface area contributed by atoms with E-state index in [1.807, 2.05) is 0 Å². The lowest BCUT2D eigenvalue weighted by Crippen LogP contribution is -2.61. The molecule has 0 radical (unpaired) electrons. The monoisotopic (exact) mass is 296 g/mol. The zero-order valence-electron chi connectivity index (χ0n) is 11.0. The average molecular weight is 297 g/mol. The summed E-state index contributed by atoms with van der Waals surface area (Å²) in [5.74, 6) is 0. The molecule has 1 aliphatic heterocycles. The fraction of sp³-hybridized carbons (Fsp3) is 0.571. The highest BCUT2D eigenvalue weighted by Crippen LogP contribution is 2.26. The second kappa shape index (κ2) is 4.62. The Morgan fingerprint density at radius 3 is 2.71 bits per heavy atom. The number of anilines is 1. The summed E-state index contributed by atoms with van der Waals surface area (Å²) >= 11 is 3.61. The second-order valence-electron chi connectivity index (χ2n) is 5.74. The number of rotatable bonds is 1. The van der Waals surface area contributed by atoms with Crippen LogP contribution in [0.2, 0.25) is 0 Å². The summed E-state index contributed by atoms with van der Waals surface area (Å²) in [7, 11) is 0. The number of aryl methyl sites for hydroxylation is 1. The quantitative estimate of drug-likeness (QED) is 0.855. The average Bonchev–Trinajstić information content (AvgIpc) is 2.19. The summed E-state index contributed by atoms with van der Waals surface area (Å²) in [6.07, 6.45) is 0. The lowest BCUT2D eigenvalue weighted by molar-refractivity contribution is 0.301. The van der Waals surface area contributed by atoms with Crippen LogP contribution in [0.5, 0.6) is 0 Å². The fourth-order valence-corrected chi connectivity index (χ4v) is 2.97. The van der Waals surface area contributed by atoms with Gasteiger partial charge in [0.1, 0.15) is 0 Å². The second-order valence-corrected chi connectivity index (χ2v) is 6.60. The van der Waals surface area contributed by atoms with E-state index in [9.17, 15) is 0 Å². The highest BCUT2D eigenvalue weighted by atomic mass is 79.9. The number of piperazine rings is 1. The Morgan fingerprint density at radius 1 is 1.41 bits per heavy atom. The summed E-state index contributed by atoms with van der Waals surface area (Å²) in [5.41, 5.74) is 2.77. The van der Waals surface area contributed by atoms with Gasteiger partial charge in [-0.2, -0.15) is 0 Å². The molecule has 1 aromatic carbocycles. The van der Waals surface area contributed by atoms with Gasteiger partial charge in [-0.3, -0.25) is 0 Å². The summed E-state index contributed by atoms with van der Waals surface area (Å²) in [5, 5.41) is 3.63. The fourth-order valence-electron chi connectivity index (χ4n) is 2.61. The maximum absolute atomic E-state index is 3.63. The van der Waals surface area contributed by atoms with Crippen LogP contribution in [-0.4, -0.2) is 24.7 Å². The van der Waals surface area contributed by atoms with Gasteiger partial charge in [-0.05, 0) is 45.4 Å². The number of hydrogen-bond donors (Lipinski definition) is 1. The number of hydrogen-bond acceptors (Lipinski definition) is 2. The molecule has 0 aliphatic carbocycles. The molecule has 1 fully saturated rings. The molecular weight excluding hydrogens is 276 g/mol. The van der Waals surface area contributed by atoms with Gasteiger partial charge in [-0.1, -0.05) is 22.0 Å². The highest BCUT2D eigenvalue weighted by Gasteiger charge is 2.29. The van der Waals surface area contributed by atoms with Crippen molar-refractivity contribution in [3.8, 4) is 0 Å². The van der Waals surface area contributed by atoms with Crippen LogP contribution in [0.1, 0.15) is 26.3 Å². The minimum Gasteiger partial charge on any atom is -0.368 e. The zero-order chi connectivity index (χ0) is 12.6. The predicted octanol–water partition coefficient (Wildman–Crippen LogP) is 3.33. The molecule has 1 aromatic rings. The first-order valence-electron chi connectivity index (χ1n) is 6.16. The molecule has 0 amide bonds. The van der Waals surface area contributed by atoms with E-state index in [4.69, 9.17) is 0 Å². The third-order valence-electron chi connectivity index (χ3n) is 3.24. The first-order valence-corrected chi connectivity index (χ1v) is 6.95. The van der Waals surface area contributed by atoms with E-state index in [0.29, 0.717) is 6.04 Å². The molecule has 3 heteroatoms. The smallest absolute Gasteiger partial charge is 0.0378 e. The van der Waals surface area contributed by atoms with Gasteiger partial charge in [0.15, 0.2) is 0 Å². The van der Waals surface area contributed by atoms with Crippen LogP contribution in [0.4, 0.5) is 5.69 Å². The molecule has 1 saturated heterocycles. The molecule has 94 valence electrons. The summed E-state index contributed by atoms with van der Waals surface area (Å²) in [6.45, 7) is 11.0. The van der Waals surface area contributed by atoms with Crippen molar-refractivity contribution in [2.45, 2.75) is 39.3 Å². The van der Waals surface area contributed by atoms with Crippen molar-refractivity contribution in [3.05, 3.63) is 28.2 Å². The van der Waals surface area contributed by atoms with Crippen LogP contribution in [0, 0.1) is 6.92 Å². The topological polar surface area (TPSA) is 15.3 Å². The van der Waals surface area contributed by atoms with Crippen LogP contribution in [0.15, 0.2) is 22.7 Å². The molecule has 1 atom stereocenters. The van der Waals surface area contributed by atoms with Crippen LogP contribution in [0.3, 0.4) is 0 Å². The molecule has 0 aromatic heterocycles. The first kappa shape index (κ1) is 12.9. The van der Waals surface area contributed by atoms with E-state index in [0.717, 1.165) is 13.1 Å². The van der Waals surface area contributed by atoms with Crippen molar-refractivity contribution in [2.24, 2.45) is 0 Å². The highest BCUT2D eigenvalue weighted by molar-refractivity contribution is 9.10. The van der Waals surface area contributed by atoms with Crippen LogP contribution >= 0.6 is 15.9 Å². The van der Waals surface area contributed by atoms with Gasteiger partial charge in [0.05, 0.1) is 0 Å². The lowest BCUT2D eigenvalue weighted by Gasteiger charge is -2.44. The molecule has 2 nitrogen and oxygen atoms in total. The van der Waals surface area contributed by atoms with Crippen molar-refractivity contribution in [1.82, 2.24) is 5.32 Å². The molecule has 1 heterocycles. The molecule has 1 unspecified atom stereocenters. The predicted molar refractivity (Wildman–Crippen MR) is 77.8 cm³/mol. The molecule has 17 heavy (non-hydrogen) atoms. The molecule has 0 saturated carbocycles. The van der Waals surface area contributed by atoms with E-state index in [1.165, 1.54) is 15.7 Å². The molecule has 2 rings (SSSR count). The van der Waals surface area contributed by atoms with Crippen LogP contribution < -0.4 is 10.2 Å². The maximum Gasteiger partial charge on any atom is 0.0378 e. The van der Waals surface area contributed by atoms with Gasteiger partial charge >= 0.3 is 0 Å². The number of benzene rings is 1. The van der Waals surface area contributed by atoms with Gasteiger partial charge in [0, 0.05) is 34.8 Å². The van der Waals surface area contributed by atoms with E-state index < -0.39 is 0 Å². The zero-order valence-corrected chi connectivity index (χ0v) is 12.6. The van der Waals surface area contributed by atoms with Crippen LogP contribution in [0.25, 0.3) is 0 Å². The van der Waals surface area contributed by atoms with Crippen molar-refractivity contribution >= 4 is 21.6 Å². The molecule has 0 bridgehead atoms. The lowest BCUT2D eigenvalue weighted by atomic mass is 9.98. The van der Waals surface area contributed by atoms with Crippen LogP contribution in [-0.2, 0) is 0 Å². The van der Waals surface area contributed by atoms with Gasteiger partial charge < -0.3 is 10.2 Å². The Balaban J connectivity index is 2.24. The summed E-state index contributed by atoms with van der Waals surface area (Å²) < 4.78 is 1.19. The van der Waals surface area contributed by atoms with E-state index >= 15 is 0 Å². The van der Waals surface area contributed by atoms with Gasteiger partial charge in [0.2, 0.25) is 0 Å². The van der Waals surface area contributed by atoms with Gasteiger partial charge in [0.25, 0.3) is 0 Å². The first-order chi connectivity index (χ1) is 7.87. The Bertz CT molecular complexity index is 415. The largest absolute Gasteiger partial charge is 0.368 e. The Hall–Kier alpha value is -0.540. The van der Waals surface area contributed by atoms with Crippen molar-refractivity contribution < 1.29 is 0 Å². The number of nitrogens with zero attached hydrogens (tertiary/aromatic N) is 1. The number of nitrogens with one attached hydrogen (secondary N) is 1. The third kappa shape index (κ3) is 3.02. The summed E-state index contributed by atoms with van der Waals surface area (Å²) in [4.78, 5) is 2.46. The van der Waals surface area contributed by atoms with Gasteiger partial charge in [-0.15, -0.1) is 0 Å². The van der Waals surface area contributed by atoms with Gasteiger partial charge in [-0.25, -0.2) is 0 Å². The molecule has 1 aliphatic rings. The van der Waals surface area contributed by atoms with Crippen molar-refractivity contribution in [3.63, 3.8) is 0 Å². The maximum atomic E-state index is 3.63. The molecular formula is C14H21BrN2. The Morgan fingerprint density at radius 2 is 2.12 bits per heavy atom. The Labute approximate surface area is 113 Å². The van der Waals surface area contributed by atoms with E-state index in [-0.39, 0.29) is 5.54 Å². The normalized spacial score (nSPS) is 23.8. The number of halogens is 1. The Kier molecular flexibility index (Phi) is 3.50. The summed E-state index contributed by atoms with van der Waals surface area (Å²) in [6, 6.07) is 7.15. The van der Waals surface area contributed by atoms with E-state index in [2.05, 4.69) is 72.0 Å². The van der Waals surface area contributed by atoms with E-state index in [1.54, 1.807) is 0 Å². The molecule has 1 N–H and O–H groups in total. The molecule has 0 spiro atoms. The van der Waals surface area contributed by atoms with Crippen molar-refractivity contribution in [2.75, 3.05) is 18.0 Å². The van der Waals surface area contributed by atoms with Crippen molar-refractivity contribution in [1.29, 1.82) is 0 Å². The third-order valence-corrected chi connectivity index (χ3v) is 4.09. The standard InChI is InChI=1S/C14H21BrN2/c1-10-5-6-12(7-13(10)15)17-8-11(2)16-14(3,4)9-17/h5-7,11,16H,8-9H2,1-4H3. The minimum atomic E-state index is 0.176.